The summed E-state index contributed by atoms with van der Waals surface area (Å²) in [6, 6.07) is 15.3. The largest absolute Gasteiger partial charge is 0.486 e. The van der Waals surface area contributed by atoms with Crippen LogP contribution in [0.15, 0.2) is 54.7 Å². The Bertz CT molecular complexity index is 833. The first kappa shape index (κ1) is 17.6. The molecule has 5 heteroatoms. The van der Waals surface area contributed by atoms with Crippen LogP contribution in [0.4, 0.5) is 0 Å². The molecule has 1 N–H and O–H groups in total. The summed E-state index contributed by atoms with van der Waals surface area (Å²) in [7, 11) is 0. The van der Waals surface area contributed by atoms with E-state index >= 15 is 0 Å². The predicted molar refractivity (Wildman–Crippen MR) is 102 cm³/mol. The quantitative estimate of drug-likeness (QED) is 0.902. The van der Waals surface area contributed by atoms with Gasteiger partial charge in [0.25, 0.3) is 0 Å². The van der Waals surface area contributed by atoms with Crippen molar-refractivity contribution in [1.82, 2.24) is 4.90 Å². The molecule has 0 unspecified atom stereocenters. The molecule has 0 aliphatic carbocycles. The van der Waals surface area contributed by atoms with Gasteiger partial charge in [-0.25, -0.2) is 0 Å². The fourth-order valence-electron chi connectivity index (χ4n) is 3.59. The van der Waals surface area contributed by atoms with Crippen molar-refractivity contribution < 1.29 is 19.4 Å². The third kappa shape index (κ3) is 3.83. The second-order valence-electron chi connectivity index (χ2n) is 6.85. The zero-order valence-electron chi connectivity index (χ0n) is 15.1. The van der Waals surface area contributed by atoms with Crippen molar-refractivity contribution in [3.8, 4) is 11.5 Å². The van der Waals surface area contributed by atoms with Crippen molar-refractivity contribution in [3.05, 3.63) is 65.9 Å². The van der Waals surface area contributed by atoms with Crippen molar-refractivity contribution >= 4 is 12.0 Å². The number of benzene rings is 2. The van der Waals surface area contributed by atoms with Crippen molar-refractivity contribution in [3.63, 3.8) is 0 Å². The monoisotopic (exact) mass is 365 g/mol. The summed E-state index contributed by atoms with van der Waals surface area (Å²) in [5, 5.41) is 10.9. The Morgan fingerprint density at radius 1 is 1.07 bits per heavy atom. The van der Waals surface area contributed by atoms with Gasteiger partial charge in [-0.05, 0) is 42.2 Å². The number of hydrogen-bond donors (Lipinski definition) is 1. The summed E-state index contributed by atoms with van der Waals surface area (Å²) < 4.78 is 11.1. The third-order valence-electron chi connectivity index (χ3n) is 5.05. The maximum Gasteiger partial charge on any atom is 0.232 e. The average molecular weight is 365 g/mol. The number of nitrogens with zero attached hydrogens (tertiary/aromatic N) is 1. The standard InChI is InChI=1S/C22H23NO4/c24-21(17-8-9-19-20(15-17)27-14-13-26-19)18-7-4-11-23(22(18)25)12-10-16-5-2-1-3-6-16/h1-3,5-6,8-10,12,15,18,21,24H,4,7,11,13-14H2/b12-10+/t18-,21-/m1/s1. The molecule has 0 bridgehead atoms. The zero-order chi connectivity index (χ0) is 18.6. The molecule has 2 aromatic carbocycles. The maximum atomic E-state index is 12.9. The molecule has 1 amide bonds. The summed E-state index contributed by atoms with van der Waals surface area (Å²) in [5.74, 6) is 0.805. The molecule has 0 radical (unpaired) electrons. The number of aliphatic hydroxyl groups is 1. The van der Waals surface area contributed by atoms with E-state index in [1.807, 2.05) is 48.7 Å². The Hall–Kier alpha value is -2.79. The second-order valence-corrected chi connectivity index (χ2v) is 6.85. The van der Waals surface area contributed by atoms with Crippen LogP contribution in [0.2, 0.25) is 0 Å². The van der Waals surface area contributed by atoms with Gasteiger partial charge >= 0.3 is 0 Å². The second kappa shape index (κ2) is 7.84. The predicted octanol–water partition coefficient (Wildman–Crippen LogP) is 3.40. The number of piperidine rings is 1. The molecule has 0 aromatic heterocycles. The van der Waals surface area contributed by atoms with Gasteiger partial charge in [0.2, 0.25) is 5.91 Å². The maximum absolute atomic E-state index is 12.9. The van der Waals surface area contributed by atoms with Gasteiger partial charge in [-0.15, -0.1) is 0 Å². The SMILES string of the molecule is O=C1[C@@H]([C@H](O)c2ccc3c(c2)OCCO3)CCCN1/C=C/c1ccccc1. The van der Waals surface area contributed by atoms with E-state index in [4.69, 9.17) is 9.47 Å². The number of hydrogen-bond acceptors (Lipinski definition) is 4. The summed E-state index contributed by atoms with van der Waals surface area (Å²) >= 11 is 0. The lowest BCUT2D eigenvalue weighted by molar-refractivity contribution is -0.139. The van der Waals surface area contributed by atoms with E-state index in [1.165, 1.54) is 0 Å². The number of carbonyl (C=O) groups excluding carboxylic acids is 1. The van der Waals surface area contributed by atoms with Crippen LogP contribution in [0.3, 0.4) is 0 Å². The molecule has 2 aliphatic rings. The van der Waals surface area contributed by atoms with Gasteiger partial charge in [-0.1, -0.05) is 36.4 Å². The lowest BCUT2D eigenvalue weighted by Gasteiger charge is -2.33. The van der Waals surface area contributed by atoms with Crippen LogP contribution < -0.4 is 9.47 Å². The molecular formula is C22H23NO4. The van der Waals surface area contributed by atoms with Crippen molar-refractivity contribution in [1.29, 1.82) is 0 Å². The van der Waals surface area contributed by atoms with Gasteiger partial charge in [-0.2, -0.15) is 0 Å². The van der Waals surface area contributed by atoms with Crippen LogP contribution >= 0.6 is 0 Å². The molecule has 140 valence electrons. The lowest BCUT2D eigenvalue weighted by atomic mass is 9.87. The molecular weight excluding hydrogens is 342 g/mol. The van der Waals surface area contributed by atoms with E-state index in [2.05, 4.69) is 0 Å². The number of carbonyl (C=O) groups is 1. The molecule has 1 fully saturated rings. The Morgan fingerprint density at radius 3 is 2.67 bits per heavy atom. The number of aliphatic hydroxyl groups excluding tert-OH is 1. The zero-order valence-corrected chi connectivity index (χ0v) is 15.1. The highest BCUT2D eigenvalue weighted by Crippen LogP contribution is 2.37. The van der Waals surface area contributed by atoms with Crippen molar-refractivity contribution in [2.24, 2.45) is 5.92 Å². The Labute approximate surface area is 158 Å². The van der Waals surface area contributed by atoms with Crippen LogP contribution in [-0.2, 0) is 4.79 Å². The van der Waals surface area contributed by atoms with E-state index in [0.717, 1.165) is 12.0 Å². The minimum absolute atomic E-state index is 0.0455. The number of likely N-dealkylation sites (tertiary alicyclic amines) is 1. The number of fused-ring (bicyclic) bond motifs is 1. The van der Waals surface area contributed by atoms with Gasteiger partial charge in [0.05, 0.1) is 12.0 Å². The highest BCUT2D eigenvalue weighted by molar-refractivity contribution is 5.82. The summed E-state index contributed by atoms with van der Waals surface area (Å²) in [5.41, 5.74) is 1.73. The molecule has 1 saturated heterocycles. The number of amides is 1. The van der Waals surface area contributed by atoms with E-state index < -0.39 is 12.0 Å². The van der Waals surface area contributed by atoms with E-state index in [-0.39, 0.29) is 5.91 Å². The lowest BCUT2D eigenvalue weighted by Crippen LogP contribution is -2.40. The molecule has 2 heterocycles. The Morgan fingerprint density at radius 2 is 1.85 bits per heavy atom. The minimum Gasteiger partial charge on any atom is -0.486 e. The molecule has 2 atom stereocenters. The molecule has 0 spiro atoms. The van der Waals surface area contributed by atoms with E-state index in [1.54, 1.807) is 17.0 Å². The van der Waals surface area contributed by atoms with Crippen LogP contribution in [-0.4, -0.2) is 35.7 Å². The Balaban J connectivity index is 1.49. The third-order valence-corrected chi connectivity index (χ3v) is 5.05. The van der Waals surface area contributed by atoms with E-state index in [9.17, 15) is 9.90 Å². The summed E-state index contributed by atoms with van der Waals surface area (Å²) in [4.78, 5) is 14.6. The molecule has 5 nitrogen and oxygen atoms in total. The van der Waals surface area contributed by atoms with Gasteiger partial charge in [-0.3, -0.25) is 4.79 Å². The fourth-order valence-corrected chi connectivity index (χ4v) is 3.59. The van der Waals surface area contributed by atoms with E-state index in [0.29, 0.717) is 43.2 Å². The van der Waals surface area contributed by atoms with Gasteiger partial charge < -0.3 is 19.5 Å². The molecule has 0 saturated carbocycles. The first-order valence-electron chi connectivity index (χ1n) is 9.34. The molecule has 27 heavy (non-hydrogen) atoms. The van der Waals surface area contributed by atoms with Gasteiger partial charge in [0.15, 0.2) is 11.5 Å². The van der Waals surface area contributed by atoms with Gasteiger partial charge in [0.1, 0.15) is 13.2 Å². The smallest absolute Gasteiger partial charge is 0.232 e. The minimum atomic E-state index is -0.860. The van der Waals surface area contributed by atoms with Crippen LogP contribution in [0.1, 0.15) is 30.1 Å². The van der Waals surface area contributed by atoms with Crippen LogP contribution in [0.25, 0.3) is 6.08 Å². The average Bonchev–Trinajstić information content (AvgIpc) is 2.73. The molecule has 4 rings (SSSR count). The first-order chi connectivity index (χ1) is 13.2. The molecule has 2 aliphatic heterocycles. The normalized spacial score (nSPS) is 20.7. The number of ether oxygens (including phenoxy) is 2. The van der Waals surface area contributed by atoms with Gasteiger partial charge in [0, 0.05) is 12.7 Å². The van der Waals surface area contributed by atoms with Crippen molar-refractivity contribution in [2.75, 3.05) is 19.8 Å². The highest BCUT2D eigenvalue weighted by Gasteiger charge is 2.34. The van der Waals surface area contributed by atoms with Crippen LogP contribution in [0, 0.1) is 5.92 Å². The first-order valence-corrected chi connectivity index (χ1v) is 9.34. The van der Waals surface area contributed by atoms with Crippen molar-refractivity contribution in [2.45, 2.75) is 18.9 Å². The van der Waals surface area contributed by atoms with Crippen LogP contribution in [0.5, 0.6) is 11.5 Å². The molecule has 2 aromatic rings. The fraction of sp³-hybridized carbons (Fsp3) is 0.318. The topological polar surface area (TPSA) is 59.0 Å². The summed E-state index contributed by atoms with van der Waals surface area (Å²) in [6.45, 7) is 1.69. The number of rotatable bonds is 4. The Kier molecular flexibility index (Phi) is 5.12. The highest BCUT2D eigenvalue weighted by atomic mass is 16.6. The summed E-state index contributed by atoms with van der Waals surface area (Å²) in [6.07, 6.45) is 4.42.